The highest BCUT2D eigenvalue weighted by molar-refractivity contribution is 6.43. The van der Waals surface area contributed by atoms with Gasteiger partial charge in [0, 0.05) is 17.4 Å². The van der Waals surface area contributed by atoms with E-state index < -0.39 is 11.8 Å². The molecule has 0 saturated carbocycles. The van der Waals surface area contributed by atoms with Gasteiger partial charge in [0.2, 0.25) is 0 Å². The predicted molar refractivity (Wildman–Crippen MR) is 102 cm³/mol. The van der Waals surface area contributed by atoms with E-state index in [4.69, 9.17) is 9.47 Å². The molecule has 0 aliphatic carbocycles. The molecule has 0 saturated heterocycles. The number of carbonyl (C=O) groups excluding carboxylic acids is 2. The normalized spacial score (nSPS) is 11.4. The highest BCUT2D eigenvalue weighted by Gasteiger charge is 2.17. The number of hydrogen-bond donors (Lipinski definition) is 2. The van der Waals surface area contributed by atoms with Gasteiger partial charge in [0.05, 0.1) is 14.2 Å². The lowest BCUT2D eigenvalue weighted by Crippen LogP contribution is -2.29. The van der Waals surface area contributed by atoms with Gasteiger partial charge < -0.3 is 20.1 Å². The van der Waals surface area contributed by atoms with Crippen molar-refractivity contribution in [1.82, 2.24) is 0 Å². The zero-order valence-corrected chi connectivity index (χ0v) is 15.5. The number of anilines is 2. The summed E-state index contributed by atoms with van der Waals surface area (Å²) in [5.41, 5.74) is 2.09. The van der Waals surface area contributed by atoms with Crippen molar-refractivity contribution < 1.29 is 19.1 Å². The number of nitrogens with one attached hydrogen (secondary N) is 2. The molecule has 2 amide bonds. The molecule has 1 atom stereocenters. The Balaban J connectivity index is 2.10. The highest BCUT2D eigenvalue weighted by Crippen LogP contribution is 2.30. The molecule has 0 bridgehead atoms. The molecule has 138 valence electrons. The SMILES string of the molecule is CCC(C)c1ccccc1NC(=O)C(=O)Nc1ccc(OC)c(OC)c1. The zero-order chi connectivity index (χ0) is 19.1. The molecule has 6 heteroatoms. The molecule has 0 aliphatic heterocycles. The van der Waals surface area contributed by atoms with Crippen LogP contribution in [0.2, 0.25) is 0 Å². The second-order valence-corrected chi connectivity index (χ2v) is 5.87. The zero-order valence-electron chi connectivity index (χ0n) is 15.5. The Morgan fingerprint density at radius 1 is 0.962 bits per heavy atom. The number of carbonyl (C=O) groups is 2. The minimum Gasteiger partial charge on any atom is -0.493 e. The Labute approximate surface area is 153 Å². The summed E-state index contributed by atoms with van der Waals surface area (Å²) in [6, 6.07) is 12.4. The second kappa shape index (κ2) is 8.89. The van der Waals surface area contributed by atoms with Gasteiger partial charge in [-0.25, -0.2) is 0 Å². The summed E-state index contributed by atoms with van der Waals surface area (Å²) < 4.78 is 10.3. The third kappa shape index (κ3) is 4.53. The summed E-state index contributed by atoms with van der Waals surface area (Å²) >= 11 is 0. The Bertz CT molecular complexity index is 789. The monoisotopic (exact) mass is 356 g/mol. The molecular weight excluding hydrogens is 332 g/mol. The lowest BCUT2D eigenvalue weighted by Gasteiger charge is -2.15. The van der Waals surface area contributed by atoms with Crippen LogP contribution in [0.1, 0.15) is 31.7 Å². The van der Waals surface area contributed by atoms with Crippen LogP contribution in [-0.4, -0.2) is 26.0 Å². The van der Waals surface area contributed by atoms with E-state index in [1.807, 2.05) is 18.2 Å². The maximum absolute atomic E-state index is 12.3. The summed E-state index contributed by atoms with van der Waals surface area (Å²) in [7, 11) is 3.03. The standard InChI is InChI=1S/C20H24N2O4/c1-5-13(2)15-8-6-7-9-16(15)22-20(24)19(23)21-14-10-11-17(25-3)18(12-14)26-4/h6-13H,5H2,1-4H3,(H,21,23)(H,22,24). The van der Waals surface area contributed by atoms with Crippen LogP contribution in [0, 0.1) is 0 Å². The number of ether oxygens (including phenoxy) is 2. The summed E-state index contributed by atoms with van der Waals surface area (Å²) in [5.74, 6) is -0.197. The van der Waals surface area contributed by atoms with Gasteiger partial charge in [-0.05, 0) is 36.1 Å². The minimum atomic E-state index is -0.754. The van der Waals surface area contributed by atoms with E-state index in [-0.39, 0.29) is 5.92 Å². The molecule has 1 unspecified atom stereocenters. The third-order valence-electron chi connectivity index (χ3n) is 4.20. The van der Waals surface area contributed by atoms with Crippen molar-refractivity contribution in [2.75, 3.05) is 24.9 Å². The predicted octanol–water partition coefficient (Wildman–Crippen LogP) is 3.79. The largest absolute Gasteiger partial charge is 0.493 e. The molecule has 0 aromatic heterocycles. The van der Waals surface area contributed by atoms with E-state index in [1.165, 1.54) is 14.2 Å². The van der Waals surface area contributed by atoms with Crippen molar-refractivity contribution in [2.45, 2.75) is 26.2 Å². The molecule has 2 rings (SSSR count). The Kier molecular flexibility index (Phi) is 6.60. The fourth-order valence-corrected chi connectivity index (χ4v) is 2.54. The van der Waals surface area contributed by atoms with Crippen LogP contribution in [0.3, 0.4) is 0 Å². The van der Waals surface area contributed by atoms with Gasteiger partial charge >= 0.3 is 11.8 Å². The maximum Gasteiger partial charge on any atom is 0.314 e. The van der Waals surface area contributed by atoms with Gasteiger partial charge in [0.15, 0.2) is 11.5 Å². The molecule has 2 aromatic carbocycles. The van der Waals surface area contributed by atoms with Gasteiger partial charge in [0.25, 0.3) is 0 Å². The van der Waals surface area contributed by atoms with Crippen molar-refractivity contribution >= 4 is 23.2 Å². The first-order chi connectivity index (χ1) is 12.5. The number of rotatable bonds is 6. The van der Waals surface area contributed by atoms with Crippen LogP contribution >= 0.6 is 0 Å². The minimum absolute atomic E-state index is 0.278. The van der Waals surface area contributed by atoms with E-state index in [9.17, 15) is 9.59 Å². The quantitative estimate of drug-likeness (QED) is 0.772. The molecule has 0 heterocycles. The summed E-state index contributed by atoms with van der Waals surface area (Å²) in [5, 5.41) is 5.25. The molecule has 2 aromatic rings. The number of benzene rings is 2. The molecule has 0 fully saturated rings. The van der Waals surface area contributed by atoms with Crippen molar-refractivity contribution in [1.29, 1.82) is 0 Å². The van der Waals surface area contributed by atoms with Crippen LogP contribution < -0.4 is 20.1 Å². The average Bonchev–Trinajstić information content (AvgIpc) is 2.67. The fourth-order valence-electron chi connectivity index (χ4n) is 2.54. The van der Waals surface area contributed by atoms with Crippen LogP contribution in [-0.2, 0) is 9.59 Å². The lowest BCUT2D eigenvalue weighted by molar-refractivity contribution is -0.133. The average molecular weight is 356 g/mol. The van der Waals surface area contributed by atoms with E-state index in [1.54, 1.807) is 24.3 Å². The molecule has 0 spiro atoms. The van der Waals surface area contributed by atoms with Gasteiger partial charge in [-0.3, -0.25) is 9.59 Å². The van der Waals surface area contributed by atoms with Gasteiger partial charge in [-0.15, -0.1) is 0 Å². The first-order valence-electron chi connectivity index (χ1n) is 8.43. The number of methoxy groups -OCH3 is 2. The maximum atomic E-state index is 12.3. The Hall–Kier alpha value is -3.02. The molecule has 2 N–H and O–H groups in total. The Morgan fingerprint density at radius 2 is 1.62 bits per heavy atom. The van der Waals surface area contributed by atoms with Gasteiger partial charge in [0.1, 0.15) is 0 Å². The first-order valence-corrected chi connectivity index (χ1v) is 8.43. The first kappa shape index (κ1) is 19.3. The van der Waals surface area contributed by atoms with E-state index in [0.29, 0.717) is 22.9 Å². The van der Waals surface area contributed by atoms with E-state index in [2.05, 4.69) is 24.5 Å². The van der Waals surface area contributed by atoms with Crippen molar-refractivity contribution in [3.05, 3.63) is 48.0 Å². The van der Waals surface area contributed by atoms with E-state index in [0.717, 1.165) is 12.0 Å². The number of amides is 2. The van der Waals surface area contributed by atoms with Crippen molar-refractivity contribution in [3.8, 4) is 11.5 Å². The smallest absolute Gasteiger partial charge is 0.314 e. The van der Waals surface area contributed by atoms with Crippen molar-refractivity contribution in [2.24, 2.45) is 0 Å². The summed E-state index contributed by atoms with van der Waals surface area (Å²) in [4.78, 5) is 24.5. The molecule has 6 nitrogen and oxygen atoms in total. The van der Waals surface area contributed by atoms with Gasteiger partial charge in [-0.1, -0.05) is 32.0 Å². The highest BCUT2D eigenvalue weighted by atomic mass is 16.5. The molecule has 0 radical (unpaired) electrons. The summed E-state index contributed by atoms with van der Waals surface area (Å²) in [6.45, 7) is 4.15. The molecule has 0 aliphatic rings. The number of hydrogen-bond acceptors (Lipinski definition) is 4. The topological polar surface area (TPSA) is 76.7 Å². The van der Waals surface area contributed by atoms with Crippen LogP contribution in [0.15, 0.2) is 42.5 Å². The Morgan fingerprint density at radius 3 is 2.27 bits per heavy atom. The second-order valence-electron chi connectivity index (χ2n) is 5.87. The fraction of sp³-hybridized carbons (Fsp3) is 0.300. The van der Waals surface area contributed by atoms with Crippen molar-refractivity contribution in [3.63, 3.8) is 0 Å². The lowest BCUT2D eigenvalue weighted by atomic mass is 9.97. The molecule has 26 heavy (non-hydrogen) atoms. The third-order valence-corrected chi connectivity index (χ3v) is 4.20. The van der Waals surface area contributed by atoms with E-state index >= 15 is 0 Å². The van der Waals surface area contributed by atoms with Crippen LogP contribution in [0.5, 0.6) is 11.5 Å². The van der Waals surface area contributed by atoms with Crippen LogP contribution in [0.4, 0.5) is 11.4 Å². The summed E-state index contributed by atoms with van der Waals surface area (Å²) in [6.07, 6.45) is 0.935. The van der Waals surface area contributed by atoms with Gasteiger partial charge in [-0.2, -0.15) is 0 Å². The molecular formula is C20H24N2O4. The van der Waals surface area contributed by atoms with Crippen LogP contribution in [0.25, 0.3) is 0 Å². The number of para-hydroxylation sites is 1.